The van der Waals surface area contributed by atoms with Crippen LogP contribution in [0.5, 0.6) is 0 Å². The minimum Gasteiger partial charge on any atom is -0.480 e. The number of carboxylic acid groups (broad SMARTS) is 1. The SMILES string of the molecule is N[C@@H](Cc1ccc(N(Cc2ccccc2)Cc2ccccc2)cc1)C(=O)O. The van der Waals surface area contributed by atoms with E-state index in [0.717, 1.165) is 24.3 Å². The molecule has 138 valence electrons. The Morgan fingerprint density at radius 3 is 1.70 bits per heavy atom. The molecule has 4 heteroatoms. The molecule has 3 N–H and O–H groups in total. The van der Waals surface area contributed by atoms with E-state index in [1.54, 1.807) is 0 Å². The number of benzene rings is 3. The molecular formula is C23H24N2O2. The van der Waals surface area contributed by atoms with Crippen LogP contribution in [0.1, 0.15) is 16.7 Å². The zero-order chi connectivity index (χ0) is 19.1. The zero-order valence-corrected chi connectivity index (χ0v) is 15.2. The summed E-state index contributed by atoms with van der Waals surface area (Å²) in [4.78, 5) is 13.3. The van der Waals surface area contributed by atoms with Crippen molar-refractivity contribution < 1.29 is 9.90 Å². The second-order valence-electron chi connectivity index (χ2n) is 6.64. The second kappa shape index (κ2) is 9.01. The van der Waals surface area contributed by atoms with Crippen LogP contribution in [0.25, 0.3) is 0 Å². The monoisotopic (exact) mass is 360 g/mol. The molecule has 3 aromatic carbocycles. The van der Waals surface area contributed by atoms with Gasteiger partial charge < -0.3 is 15.7 Å². The van der Waals surface area contributed by atoms with Gasteiger partial charge in [-0.05, 0) is 35.2 Å². The van der Waals surface area contributed by atoms with E-state index in [2.05, 4.69) is 29.2 Å². The lowest BCUT2D eigenvalue weighted by Gasteiger charge is -2.25. The third-order valence-corrected chi connectivity index (χ3v) is 4.51. The highest BCUT2D eigenvalue weighted by molar-refractivity contribution is 5.73. The molecule has 4 nitrogen and oxygen atoms in total. The average Bonchev–Trinajstić information content (AvgIpc) is 2.69. The molecule has 0 radical (unpaired) electrons. The Morgan fingerprint density at radius 2 is 1.26 bits per heavy atom. The maximum absolute atomic E-state index is 11.0. The van der Waals surface area contributed by atoms with Crippen molar-refractivity contribution in [3.63, 3.8) is 0 Å². The lowest BCUT2D eigenvalue weighted by molar-refractivity contribution is -0.138. The van der Waals surface area contributed by atoms with Gasteiger partial charge in [0, 0.05) is 18.8 Å². The van der Waals surface area contributed by atoms with E-state index in [9.17, 15) is 4.79 Å². The van der Waals surface area contributed by atoms with E-state index in [1.807, 2.05) is 60.7 Å². The molecule has 0 fully saturated rings. The number of aliphatic carboxylic acids is 1. The molecule has 27 heavy (non-hydrogen) atoms. The highest BCUT2D eigenvalue weighted by Crippen LogP contribution is 2.21. The van der Waals surface area contributed by atoms with Crippen LogP contribution < -0.4 is 10.6 Å². The topological polar surface area (TPSA) is 66.6 Å². The summed E-state index contributed by atoms with van der Waals surface area (Å²) < 4.78 is 0. The first kappa shape index (κ1) is 18.7. The Labute approximate surface area is 159 Å². The van der Waals surface area contributed by atoms with Crippen molar-refractivity contribution in [3.8, 4) is 0 Å². The van der Waals surface area contributed by atoms with Crippen molar-refractivity contribution in [2.24, 2.45) is 5.73 Å². The molecule has 3 rings (SSSR count). The summed E-state index contributed by atoms with van der Waals surface area (Å²) in [5.41, 5.74) is 10.1. The van der Waals surface area contributed by atoms with Crippen LogP contribution in [0.4, 0.5) is 5.69 Å². The predicted octanol–water partition coefficient (Wildman–Crippen LogP) is 3.85. The van der Waals surface area contributed by atoms with Gasteiger partial charge in [0.1, 0.15) is 6.04 Å². The van der Waals surface area contributed by atoms with E-state index >= 15 is 0 Å². The summed E-state index contributed by atoms with van der Waals surface area (Å²) in [5.74, 6) is -0.978. The van der Waals surface area contributed by atoms with Gasteiger partial charge in [0.15, 0.2) is 0 Å². The molecule has 3 aromatic rings. The van der Waals surface area contributed by atoms with E-state index in [4.69, 9.17) is 10.8 Å². The number of nitrogens with zero attached hydrogens (tertiary/aromatic N) is 1. The fraction of sp³-hybridized carbons (Fsp3) is 0.174. The number of hydrogen-bond acceptors (Lipinski definition) is 3. The van der Waals surface area contributed by atoms with Gasteiger partial charge >= 0.3 is 5.97 Å². The van der Waals surface area contributed by atoms with Crippen molar-refractivity contribution in [1.29, 1.82) is 0 Å². The molecule has 0 saturated carbocycles. The van der Waals surface area contributed by atoms with Gasteiger partial charge in [0.25, 0.3) is 0 Å². The Morgan fingerprint density at radius 1 is 0.778 bits per heavy atom. The van der Waals surface area contributed by atoms with Gasteiger partial charge in [-0.3, -0.25) is 4.79 Å². The van der Waals surface area contributed by atoms with E-state index in [-0.39, 0.29) is 0 Å². The van der Waals surface area contributed by atoms with Gasteiger partial charge in [-0.15, -0.1) is 0 Å². The summed E-state index contributed by atoms with van der Waals surface area (Å²) in [6.07, 6.45) is 0.326. The fourth-order valence-electron chi connectivity index (χ4n) is 3.03. The highest BCUT2D eigenvalue weighted by atomic mass is 16.4. The maximum atomic E-state index is 11.0. The van der Waals surface area contributed by atoms with Crippen molar-refractivity contribution in [3.05, 3.63) is 102 Å². The summed E-state index contributed by atoms with van der Waals surface area (Å²) in [5, 5.41) is 8.98. The Hall–Kier alpha value is -3.11. The quantitative estimate of drug-likeness (QED) is 0.640. The number of rotatable bonds is 8. The lowest BCUT2D eigenvalue weighted by atomic mass is 10.1. The smallest absolute Gasteiger partial charge is 0.320 e. The number of hydrogen-bond donors (Lipinski definition) is 2. The first-order valence-electron chi connectivity index (χ1n) is 9.02. The van der Waals surface area contributed by atoms with Crippen LogP contribution in [-0.4, -0.2) is 17.1 Å². The molecular weight excluding hydrogens is 336 g/mol. The van der Waals surface area contributed by atoms with Crippen molar-refractivity contribution in [2.75, 3.05) is 4.90 Å². The molecule has 0 aliphatic rings. The summed E-state index contributed by atoms with van der Waals surface area (Å²) >= 11 is 0. The zero-order valence-electron chi connectivity index (χ0n) is 15.2. The van der Waals surface area contributed by atoms with Crippen molar-refractivity contribution in [1.82, 2.24) is 0 Å². The lowest BCUT2D eigenvalue weighted by Crippen LogP contribution is -2.32. The van der Waals surface area contributed by atoms with Gasteiger partial charge in [0.05, 0.1) is 0 Å². The maximum Gasteiger partial charge on any atom is 0.320 e. The largest absolute Gasteiger partial charge is 0.480 e. The van der Waals surface area contributed by atoms with Gasteiger partial charge in [0.2, 0.25) is 0 Å². The molecule has 0 aliphatic heterocycles. The highest BCUT2D eigenvalue weighted by Gasteiger charge is 2.13. The van der Waals surface area contributed by atoms with Gasteiger partial charge in [-0.25, -0.2) is 0 Å². The molecule has 0 bridgehead atoms. The summed E-state index contributed by atoms with van der Waals surface area (Å²) in [7, 11) is 0. The minimum atomic E-state index is -0.978. The third kappa shape index (κ3) is 5.43. The second-order valence-corrected chi connectivity index (χ2v) is 6.64. The Kier molecular flexibility index (Phi) is 6.23. The van der Waals surface area contributed by atoms with Crippen LogP contribution in [0.2, 0.25) is 0 Å². The summed E-state index contributed by atoms with van der Waals surface area (Å²) in [6.45, 7) is 1.59. The Balaban J connectivity index is 1.80. The molecule has 0 aliphatic carbocycles. The number of carbonyl (C=O) groups is 1. The molecule has 0 unspecified atom stereocenters. The first-order chi connectivity index (χ1) is 13.1. The van der Waals surface area contributed by atoms with Crippen molar-refractivity contribution in [2.45, 2.75) is 25.6 Å². The molecule has 0 aromatic heterocycles. The van der Waals surface area contributed by atoms with Crippen LogP contribution >= 0.6 is 0 Å². The van der Waals surface area contributed by atoms with Crippen LogP contribution in [0.15, 0.2) is 84.9 Å². The first-order valence-corrected chi connectivity index (χ1v) is 9.02. The molecule has 0 spiro atoms. The average molecular weight is 360 g/mol. The predicted molar refractivity (Wildman–Crippen MR) is 109 cm³/mol. The van der Waals surface area contributed by atoms with E-state index in [1.165, 1.54) is 11.1 Å². The number of anilines is 1. The van der Waals surface area contributed by atoms with Crippen LogP contribution in [0, 0.1) is 0 Å². The van der Waals surface area contributed by atoms with Gasteiger partial charge in [-0.2, -0.15) is 0 Å². The molecule has 0 saturated heterocycles. The third-order valence-electron chi connectivity index (χ3n) is 4.51. The fourth-order valence-corrected chi connectivity index (χ4v) is 3.03. The van der Waals surface area contributed by atoms with Crippen LogP contribution in [0.3, 0.4) is 0 Å². The van der Waals surface area contributed by atoms with Gasteiger partial charge in [-0.1, -0.05) is 72.8 Å². The number of nitrogens with two attached hydrogens (primary N) is 1. The van der Waals surface area contributed by atoms with Crippen molar-refractivity contribution >= 4 is 11.7 Å². The van der Waals surface area contributed by atoms with E-state index in [0.29, 0.717) is 6.42 Å². The normalized spacial score (nSPS) is 11.7. The number of carboxylic acids is 1. The standard InChI is InChI=1S/C23H24N2O2/c24-22(23(26)27)15-18-11-13-21(14-12-18)25(16-19-7-3-1-4-8-19)17-20-9-5-2-6-10-20/h1-14,22H,15-17,24H2,(H,26,27)/t22-/m0/s1. The minimum absolute atomic E-state index is 0.326. The Bertz CT molecular complexity index is 807. The van der Waals surface area contributed by atoms with Crippen LogP contribution in [-0.2, 0) is 24.3 Å². The molecule has 1 atom stereocenters. The summed E-state index contributed by atoms with van der Waals surface area (Å²) in [6, 6.07) is 27.8. The van der Waals surface area contributed by atoms with E-state index < -0.39 is 12.0 Å². The molecule has 0 heterocycles. The molecule has 0 amide bonds.